The molecule has 6 nitrogen and oxygen atoms in total. The third-order valence-corrected chi connectivity index (χ3v) is 4.43. The van der Waals surface area contributed by atoms with Gasteiger partial charge in [-0.05, 0) is 36.6 Å². The molecular formula is C20H21N3O3. The van der Waals surface area contributed by atoms with Crippen molar-refractivity contribution in [2.24, 2.45) is 0 Å². The highest BCUT2D eigenvalue weighted by molar-refractivity contribution is 5.57. The van der Waals surface area contributed by atoms with Gasteiger partial charge in [0.1, 0.15) is 6.61 Å². The van der Waals surface area contributed by atoms with E-state index in [1.807, 2.05) is 24.3 Å². The van der Waals surface area contributed by atoms with E-state index in [1.54, 1.807) is 0 Å². The van der Waals surface area contributed by atoms with Crippen LogP contribution in [0.2, 0.25) is 0 Å². The number of hydrogen-bond donors (Lipinski definition) is 1. The zero-order valence-electron chi connectivity index (χ0n) is 14.9. The zero-order valence-corrected chi connectivity index (χ0v) is 14.9. The molecule has 0 saturated heterocycles. The predicted molar refractivity (Wildman–Crippen MR) is 97.5 cm³/mol. The Morgan fingerprint density at radius 3 is 2.81 bits per heavy atom. The molecule has 1 aliphatic rings. The molecular weight excluding hydrogens is 330 g/mol. The first-order valence-electron chi connectivity index (χ1n) is 8.78. The summed E-state index contributed by atoms with van der Waals surface area (Å²) < 4.78 is 17.0. The topological polar surface area (TPSA) is 69.4 Å². The van der Waals surface area contributed by atoms with Crippen LogP contribution in [0.5, 0.6) is 11.5 Å². The lowest BCUT2D eigenvalue weighted by atomic mass is 10.1. The fourth-order valence-corrected chi connectivity index (χ4v) is 3.05. The van der Waals surface area contributed by atoms with E-state index in [4.69, 9.17) is 14.0 Å². The molecule has 4 rings (SSSR count). The van der Waals surface area contributed by atoms with Gasteiger partial charge in [0, 0.05) is 5.69 Å². The van der Waals surface area contributed by atoms with Gasteiger partial charge in [-0.2, -0.15) is 4.98 Å². The first-order chi connectivity index (χ1) is 12.7. The maximum atomic E-state index is 5.91. The van der Waals surface area contributed by atoms with Gasteiger partial charge in [-0.25, -0.2) is 0 Å². The summed E-state index contributed by atoms with van der Waals surface area (Å²) in [5.41, 5.74) is 3.61. The van der Waals surface area contributed by atoms with Crippen LogP contribution in [0, 0.1) is 6.92 Å². The standard InChI is InChI=1S/C20H21N3O3/c1-3-14-8-6-7-13(2)19(14)21-11-18-22-20(26-23-18)17-12-24-15-9-4-5-10-16(15)25-17/h4-10,17,21H,3,11-12H2,1-2H3. The van der Waals surface area contributed by atoms with Gasteiger partial charge in [-0.15, -0.1) is 0 Å². The van der Waals surface area contributed by atoms with Crippen molar-refractivity contribution in [3.8, 4) is 11.5 Å². The molecule has 0 saturated carbocycles. The second-order valence-electron chi connectivity index (χ2n) is 6.23. The lowest BCUT2D eigenvalue weighted by molar-refractivity contribution is 0.0665. The molecule has 1 atom stereocenters. The molecule has 26 heavy (non-hydrogen) atoms. The van der Waals surface area contributed by atoms with Crippen molar-refractivity contribution in [1.29, 1.82) is 0 Å². The van der Waals surface area contributed by atoms with Crippen molar-refractivity contribution in [3.63, 3.8) is 0 Å². The first kappa shape index (κ1) is 16.4. The van der Waals surface area contributed by atoms with Gasteiger partial charge in [-0.1, -0.05) is 42.4 Å². The predicted octanol–water partition coefficient (Wildman–Crippen LogP) is 4.07. The summed E-state index contributed by atoms with van der Waals surface area (Å²) in [5, 5.41) is 7.49. The van der Waals surface area contributed by atoms with E-state index in [-0.39, 0.29) is 0 Å². The van der Waals surface area contributed by atoms with Gasteiger partial charge >= 0.3 is 0 Å². The lowest BCUT2D eigenvalue weighted by Crippen LogP contribution is -2.21. The number of aryl methyl sites for hydroxylation is 2. The van der Waals surface area contributed by atoms with E-state index < -0.39 is 6.10 Å². The highest BCUT2D eigenvalue weighted by Gasteiger charge is 2.27. The number of para-hydroxylation sites is 3. The minimum atomic E-state index is -0.393. The van der Waals surface area contributed by atoms with Gasteiger partial charge in [0.05, 0.1) is 6.54 Å². The Balaban J connectivity index is 1.45. The van der Waals surface area contributed by atoms with E-state index in [0.717, 1.165) is 17.9 Å². The van der Waals surface area contributed by atoms with Crippen LogP contribution in [-0.2, 0) is 13.0 Å². The van der Waals surface area contributed by atoms with Gasteiger partial charge in [-0.3, -0.25) is 0 Å². The van der Waals surface area contributed by atoms with Gasteiger partial charge in [0.15, 0.2) is 17.3 Å². The summed E-state index contributed by atoms with van der Waals surface area (Å²) in [7, 11) is 0. The quantitative estimate of drug-likeness (QED) is 0.747. The number of benzene rings is 2. The molecule has 0 radical (unpaired) electrons. The van der Waals surface area contributed by atoms with Crippen LogP contribution in [0.1, 0.15) is 35.9 Å². The summed E-state index contributed by atoms with van der Waals surface area (Å²) in [6.07, 6.45) is 0.574. The van der Waals surface area contributed by atoms with E-state index in [9.17, 15) is 0 Å². The van der Waals surface area contributed by atoms with Crippen LogP contribution in [0.3, 0.4) is 0 Å². The summed E-state index contributed by atoms with van der Waals surface area (Å²) in [5.74, 6) is 2.44. The van der Waals surface area contributed by atoms with E-state index in [1.165, 1.54) is 11.1 Å². The summed E-state index contributed by atoms with van der Waals surface area (Å²) in [4.78, 5) is 4.46. The van der Waals surface area contributed by atoms with Crippen molar-refractivity contribution in [1.82, 2.24) is 10.1 Å². The molecule has 0 bridgehead atoms. The summed E-state index contributed by atoms with van der Waals surface area (Å²) in [6, 6.07) is 13.9. The molecule has 0 amide bonds. The smallest absolute Gasteiger partial charge is 0.271 e. The van der Waals surface area contributed by atoms with Crippen LogP contribution in [0.25, 0.3) is 0 Å². The maximum Gasteiger partial charge on any atom is 0.271 e. The molecule has 2 heterocycles. The molecule has 1 aliphatic heterocycles. The Hall–Kier alpha value is -3.02. The van der Waals surface area contributed by atoms with Crippen molar-refractivity contribution in [2.75, 3.05) is 11.9 Å². The van der Waals surface area contributed by atoms with Crippen LogP contribution in [-0.4, -0.2) is 16.7 Å². The number of anilines is 1. The minimum absolute atomic E-state index is 0.351. The number of hydrogen-bond acceptors (Lipinski definition) is 6. The molecule has 1 unspecified atom stereocenters. The van der Waals surface area contributed by atoms with Crippen molar-refractivity contribution < 1.29 is 14.0 Å². The molecule has 0 spiro atoms. The number of nitrogens with zero attached hydrogens (tertiary/aromatic N) is 2. The lowest BCUT2D eigenvalue weighted by Gasteiger charge is -2.23. The molecule has 1 N–H and O–H groups in total. The minimum Gasteiger partial charge on any atom is -0.485 e. The molecule has 0 fully saturated rings. The van der Waals surface area contributed by atoms with Gasteiger partial charge < -0.3 is 19.3 Å². The Labute approximate surface area is 152 Å². The molecule has 6 heteroatoms. The molecule has 3 aromatic rings. The first-order valence-corrected chi connectivity index (χ1v) is 8.78. The molecule has 1 aromatic heterocycles. The number of rotatable bonds is 5. The van der Waals surface area contributed by atoms with Crippen molar-refractivity contribution in [2.45, 2.75) is 32.9 Å². The van der Waals surface area contributed by atoms with Crippen molar-refractivity contribution >= 4 is 5.69 Å². The average Bonchev–Trinajstić information content (AvgIpc) is 3.15. The monoisotopic (exact) mass is 351 g/mol. The highest BCUT2D eigenvalue weighted by atomic mass is 16.6. The van der Waals surface area contributed by atoms with Crippen LogP contribution in [0.4, 0.5) is 5.69 Å². The van der Waals surface area contributed by atoms with Crippen LogP contribution < -0.4 is 14.8 Å². The zero-order chi connectivity index (χ0) is 17.9. The molecule has 0 aliphatic carbocycles. The fraction of sp³-hybridized carbons (Fsp3) is 0.300. The third kappa shape index (κ3) is 3.22. The Bertz CT molecular complexity index is 907. The molecule has 134 valence electrons. The van der Waals surface area contributed by atoms with Crippen LogP contribution in [0.15, 0.2) is 47.0 Å². The summed E-state index contributed by atoms with van der Waals surface area (Å²) in [6.45, 7) is 5.08. The van der Waals surface area contributed by atoms with E-state index in [2.05, 4.69) is 47.5 Å². The number of aromatic nitrogens is 2. The van der Waals surface area contributed by atoms with Gasteiger partial charge in [0.2, 0.25) is 6.10 Å². The third-order valence-electron chi connectivity index (χ3n) is 4.43. The maximum absolute atomic E-state index is 5.91. The summed E-state index contributed by atoms with van der Waals surface area (Å²) >= 11 is 0. The largest absolute Gasteiger partial charge is 0.485 e. The van der Waals surface area contributed by atoms with Crippen LogP contribution >= 0.6 is 0 Å². The normalized spacial score (nSPS) is 15.7. The Morgan fingerprint density at radius 1 is 1.12 bits per heavy atom. The fourth-order valence-electron chi connectivity index (χ4n) is 3.05. The second-order valence-corrected chi connectivity index (χ2v) is 6.23. The second kappa shape index (κ2) is 7.07. The average molecular weight is 351 g/mol. The number of ether oxygens (including phenoxy) is 2. The molecule has 2 aromatic carbocycles. The van der Waals surface area contributed by atoms with E-state index in [0.29, 0.717) is 30.6 Å². The van der Waals surface area contributed by atoms with Crippen molar-refractivity contribution in [3.05, 3.63) is 65.3 Å². The highest BCUT2D eigenvalue weighted by Crippen LogP contribution is 2.35. The van der Waals surface area contributed by atoms with Gasteiger partial charge in [0.25, 0.3) is 5.89 Å². The number of nitrogens with one attached hydrogen (secondary N) is 1. The Kier molecular flexibility index (Phi) is 4.48. The Morgan fingerprint density at radius 2 is 1.96 bits per heavy atom. The number of fused-ring (bicyclic) bond motifs is 1. The van der Waals surface area contributed by atoms with E-state index >= 15 is 0 Å². The SMILES string of the molecule is CCc1cccc(C)c1NCc1noc(C2COc3ccccc3O2)n1.